The Labute approximate surface area is 214 Å². The van der Waals surface area contributed by atoms with E-state index in [-0.39, 0.29) is 11.7 Å². The second-order valence-electron chi connectivity index (χ2n) is 8.45. The van der Waals surface area contributed by atoms with Gasteiger partial charge in [-0.25, -0.2) is 4.39 Å². The molecule has 3 aromatic carbocycles. The Morgan fingerprint density at radius 2 is 1.67 bits per heavy atom. The van der Waals surface area contributed by atoms with Gasteiger partial charge in [-0.3, -0.25) is 4.79 Å². The minimum Gasteiger partial charge on any atom is -0.493 e. The minimum absolute atomic E-state index is 0.237. The van der Waals surface area contributed by atoms with Crippen molar-refractivity contribution < 1.29 is 18.7 Å². The molecule has 0 saturated carbocycles. The number of ether oxygens (including phenoxy) is 2. The van der Waals surface area contributed by atoms with Crippen molar-refractivity contribution in [1.29, 1.82) is 0 Å². The van der Waals surface area contributed by atoms with Crippen LogP contribution in [0.3, 0.4) is 0 Å². The topological polar surface area (TPSA) is 54.4 Å². The molecule has 2 heterocycles. The highest BCUT2D eigenvalue weighted by atomic mass is 32.2. The number of carbonyl (C=O) groups excluding carboxylic acids is 1. The highest BCUT2D eigenvalue weighted by Gasteiger charge is 2.28. The molecule has 1 fully saturated rings. The van der Waals surface area contributed by atoms with Gasteiger partial charge in [-0.15, -0.1) is 0 Å². The van der Waals surface area contributed by atoms with Crippen LogP contribution in [0.4, 0.5) is 10.1 Å². The fourth-order valence-electron chi connectivity index (χ4n) is 4.12. The average molecular weight is 504 g/mol. The predicted octanol–water partition coefficient (Wildman–Crippen LogP) is 5.21. The summed E-state index contributed by atoms with van der Waals surface area (Å²) in [5.41, 5.74) is 2.91. The SMILES string of the molecule is COc1cc(C=C2SC(N3CCN(c4ccc(F)cc4)CC3)=NC2=O)ccc1OCc1ccccc1. The third kappa shape index (κ3) is 5.54. The van der Waals surface area contributed by atoms with Crippen molar-refractivity contribution in [2.24, 2.45) is 4.99 Å². The molecule has 5 rings (SSSR count). The van der Waals surface area contributed by atoms with Crippen LogP contribution in [0.5, 0.6) is 11.5 Å². The van der Waals surface area contributed by atoms with Crippen LogP contribution >= 0.6 is 11.8 Å². The van der Waals surface area contributed by atoms with E-state index in [1.165, 1.54) is 23.9 Å². The van der Waals surface area contributed by atoms with E-state index in [9.17, 15) is 9.18 Å². The lowest BCUT2D eigenvalue weighted by Crippen LogP contribution is -2.47. The van der Waals surface area contributed by atoms with Crippen molar-refractivity contribution in [3.63, 3.8) is 0 Å². The molecule has 0 aromatic heterocycles. The minimum atomic E-state index is -0.237. The summed E-state index contributed by atoms with van der Waals surface area (Å²) in [5, 5.41) is 0.722. The van der Waals surface area contributed by atoms with Crippen molar-refractivity contribution >= 4 is 34.6 Å². The zero-order valence-corrected chi connectivity index (χ0v) is 20.7. The largest absolute Gasteiger partial charge is 0.493 e. The van der Waals surface area contributed by atoms with E-state index in [0.29, 0.717) is 23.0 Å². The van der Waals surface area contributed by atoms with Gasteiger partial charge in [-0.2, -0.15) is 4.99 Å². The number of halogens is 1. The van der Waals surface area contributed by atoms with Crippen molar-refractivity contribution in [3.05, 3.63) is 94.6 Å². The van der Waals surface area contributed by atoms with Crippen molar-refractivity contribution in [3.8, 4) is 11.5 Å². The van der Waals surface area contributed by atoms with Gasteiger partial charge < -0.3 is 19.3 Å². The lowest BCUT2D eigenvalue weighted by atomic mass is 10.2. The first-order valence-corrected chi connectivity index (χ1v) is 12.5. The van der Waals surface area contributed by atoms with Crippen LogP contribution in [0.25, 0.3) is 6.08 Å². The summed E-state index contributed by atoms with van der Waals surface area (Å²) in [6, 6.07) is 22.1. The van der Waals surface area contributed by atoms with Gasteiger partial charge in [0.2, 0.25) is 0 Å². The number of hydrogen-bond acceptors (Lipinski definition) is 6. The zero-order valence-electron chi connectivity index (χ0n) is 19.9. The smallest absolute Gasteiger partial charge is 0.286 e. The van der Waals surface area contributed by atoms with Crippen LogP contribution < -0.4 is 14.4 Å². The van der Waals surface area contributed by atoms with Gasteiger partial charge in [0, 0.05) is 31.9 Å². The number of amides is 1. The molecule has 3 aromatic rings. The van der Waals surface area contributed by atoms with Crippen molar-refractivity contribution in [1.82, 2.24) is 4.90 Å². The normalized spacial score (nSPS) is 16.9. The predicted molar refractivity (Wildman–Crippen MR) is 142 cm³/mol. The Bertz CT molecular complexity index is 1290. The third-order valence-corrected chi connectivity index (χ3v) is 7.12. The van der Waals surface area contributed by atoms with E-state index in [1.54, 1.807) is 19.2 Å². The van der Waals surface area contributed by atoms with Crippen LogP contribution in [-0.2, 0) is 11.4 Å². The van der Waals surface area contributed by atoms with E-state index in [2.05, 4.69) is 14.8 Å². The number of nitrogens with zero attached hydrogens (tertiary/aromatic N) is 3. The molecule has 0 N–H and O–H groups in total. The molecule has 1 saturated heterocycles. The van der Waals surface area contributed by atoms with E-state index in [0.717, 1.165) is 48.2 Å². The first kappa shape index (κ1) is 23.9. The molecule has 184 valence electrons. The summed E-state index contributed by atoms with van der Waals surface area (Å²) in [5.74, 6) is 0.775. The molecule has 0 bridgehead atoms. The number of anilines is 1. The fourth-order valence-corrected chi connectivity index (χ4v) is 5.09. The molecule has 2 aliphatic rings. The molecular formula is C28H26FN3O3S. The summed E-state index contributed by atoms with van der Waals surface area (Å²) >= 11 is 1.39. The molecule has 0 radical (unpaired) electrons. The summed E-state index contributed by atoms with van der Waals surface area (Å²) < 4.78 is 24.7. The van der Waals surface area contributed by atoms with Gasteiger partial charge in [0.05, 0.1) is 12.0 Å². The second-order valence-corrected chi connectivity index (χ2v) is 9.45. The highest BCUT2D eigenvalue weighted by molar-refractivity contribution is 8.18. The molecule has 36 heavy (non-hydrogen) atoms. The number of hydrogen-bond donors (Lipinski definition) is 0. The lowest BCUT2D eigenvalue weighted by Gasteiger charge is -2.36. The maximum atomic E-state index is 13.2. The fraction of sp³-hybridized carbons (Fsp3) is 0.214. The third-order valence-electron chi connectivity index (χ3n) is 6.07. The molecule has 0 aliphatic carbocycles. The Kier molecular flexibility index (Phi) is 7.23. The number of piperazine rings is 1. The quantitative estimate of drug-likeness (QED) is 0.431. The monoisotopic (exact) mass is 503 g/mol. The first-order chi connectivity index (χ1) is 17.6. The van der Waals surface area contributed by atoms with Gasteiger partial charge in [-0.1, -0.05) is 36.4 Å². The first-order valence-electron chi connectivity index (χ1n) is 11.7. The van der Waals surface area contributed by atoms with E-state index < -0.39 is 0 Å². The van der Waals surface area contributed by atoms with Gasteiger partial charge in [-0.05, 0) is 65.4 Å². The van der Waals surface area contributed by atoms with Crippen LogP contribution in [0.1, 0.15) is 11.1 Å². The average Bonchev–Trinajstić information content (AvgIpc) is 3.28. The lowest BCUT2D eigenvalue weighted by molar-refractivity contribution is -0.113. The van der Waals surface area contributed by atoms with Crippen molar-refractivity contribution in [2.45, 2.75) is 6.61 Å². The number of amidine groups is 1. The molecule has 2 aliphatic heterocycles. The van der Waals surface area contributed by atoms with E-state index in [4.69, 9.17) is 9.47 Å². The molecule has 0 spiro atoms. The Balaban J connectivity index is 1.21. The summed E-state index contributed by atoms with van der Waals surface area (Å²) in [4.78, 5) is 21.8. The van der Waals surface area contributed by atoms with E-state index >= 15 is 0 Å². The number of thioether (sulfide) groups is 1. The summed E-state index contributed by atoms with van der Waals surface area (Å²) in [6.07, 6.45) is 1.84. The molecule has 6 nitrogen and oxygen atoms in total. The van der Waals surface area contributed by atoms with E-state index in [1.807, 2.05) is 54.6 Å². The van der Waals surface area contributed by atoms with Gasteiger partial charge in [0.1, 0.15) is 12.4 Å². The Hall–Kier alpha value is -3.78. The Morgan fingerprint density at radius 3 is 2.39 bits per heavy atom. The Morgan fingerprint density at radius 1 is 0.944 bits per heavy atom. The number of rotatable bonds is 6. The van der Waals surface area contributed by atoms with Crippen molar-refractivity contribution in [2.75, 3.05) is 38.2 Å². The number of carbonyl (C=O) groups is 1. The number of benzene rings is 3. The van der Waals surface area contributed by atoms with Crippen LogP contribution in [-0.4, -0.2) is 49.3 Å². The van der Waals surface area contributed by atoms with Crippen LogP contribution in [0, 0.1) is 5.82 Å². The van der Waals surface area contributed by atoms with Gasteiger partial charge >= 0.3 is 0 Å². The summed E-state index contributed by atoms with van der Waals surface area (Å²) in [7, 11) is 1.60. The molecule has 0 unspecified atom stereocenters. The maximum Gasteiger partial charge on any atom is 0.286 e. The second kappa shape index (κ2) is 10.9. The molecule has 8 heteroatoms. The number of aliphatic imine (C=N–C) groups is 1. The standard InChI is InChI=1S/C28H26FN3O3S/c1-34-25-17-21(7-12-24(25)35-19-20-5-3-2-4-6-20)18-26-27(33)30-28(36-26)32-15-13-31(14-16-32)23-10-8-22(29)9-11-23/h2-12,17-18H,13-16,19H2,1H3. The molecular weight excluding hydrogens is 477 g/mol. The zero-order chi connectivity index (χ0) is 24.9. The maximum absolute atomic E-state index is 13.2. The molecule has 1 amide bonds. The number of methoxy groups -OCH3 is 1. The van der Waals surface area contributed by atoms with Gasteiger partial charge in [0.25, 0.3) is 5.91 Å². The van der Waals surface area contributed by atoms with Crippen LogP contribution in [0.15, 0.2) is 82.7 Å². The molecule has 0 atom stereocenters. The summed E-state index contributed by atoms with van der Waals surface area (Å²) in [6.45, 7) is 3.48. The van der Waals surface area contributed by atoms with Crippen LogP contribution in [0.2, 0.25) is 0 Å². The highest BCUT2D eigenvalue weighted by Crippen LogP contribution is 2.34. The van der Waals surface area contributed by atoms with Gasteiger partial charge in [0.15, 0.2) is 16.7 Å².